The molecule has 3 rings (SSSR count). The van der Waals surface area contributed by atoms with Gasteiger partial charge in [-0.1, -0.05) is 29.3 Å². The molecule has 0 unspecified atom stereocenters. The molecule has 9 heteroatoms. The van der Waals surface area contributed by atoms with Crippen molar-refractivity contribution in [1.29, 1.82) is 0 Å². The Morgan fingerprint density at radius 2 is 1.48 bits per heavy atom. The molecular formula is C22H19ClF3NO3S. The van der Waals surface area contributed by atoms with Crippen LogP contribution in [-0.2, 0) is 16.2 Å². The Labute approximate surface area is 183 Å². The zero-order valence-electron chi connectivity index (χ0n) is 16.8. The van der Waals surface area contributed by atoms with Crippen molar-refractivity contribution in [3.05, 3.63) is 81.9 Å². The molecule has 0 aliphatic rings. The van der Waals surface area contributed by atoms with E-state index in [-0.39, 0.29) is 16.3 Å². The van der Waals surface area contributed by atoms with Gasteiger partial charge in [0.15, 0.2) is 5.75 Å². The number of hydrogen-bond acceptors (Lipinski definition) is 3. The average Bonchev–Trinajstić information content (AvgIpc) is 2.66. The van der Waals surface area contributed by atoms with Gasteiger partial charge in [-0.15, -0.1) is 0 Å². The van der Waals surface area contributed by atoms with Crippen LogP contribution in [0.25, 0.3) is 0 Å². The maximum atomic E-state index is 13.2. The highest BCUT2D eigenvalue weighted by Gasteiger charge is 2.32. The summed E-state index contributed by atoms with van der Waals surface area (Å²) in [4.78, 5) is -0.0837. The molecule has 0 radical (unpaired) electrons. The summed E-state index contributed by atoms with van der Waals surface area (Å²) in [5, 5.41) is 0.542. The van der Waals surface area contributed by atoms with E-state index in [1.54, 1.807) is 45.0 Å². The maximum Gasteiger partial charge on any atom is 0.416 e. The van der Waals surface area contributed by atoms with Crippen LogP contribution in [0.2, 0.25) is 5.02 Å². The Bertz CT molecular complexity index is 1200. The summed E-state index contributed by atoms with van der Waals surface area (Å²) < 4.78 is 73.2. The minimum Gasteiger partial charge on any atom is -0.455 e. The highest BCUT2D eigenvalue weighted by atomic mass is 35.5. The van der Waals surface area contributed by atoms with E-state index in [9.17, 15) is 21.6 Å². The van der Waals surface area contributed by atoms with Gasteiger partial charge in [-0.3, -0.25) is 4.72 Å². The second-order valence-corrected chi connectivity index (χ2v) is 9.16. The molecule has 1 N–H and O–H groups in total. The molecule has 0 saturated heterocycles. The van der Waals surface area contributed by atoms with Gasteiger partial charge in [0.25, 0.3) is 10.0 Å². The maximum absolute atomic E-state index is 13.2. The fraction of sp³-hybridized carbons (Fsp3) is 0.182. The number of aryl methyl sites for hydroxylation is 3. The number of anilines is 1. The lowest BCUT2D eigenvalue weighted by molar-refractivity contribution is -0.137. The first kappa shape index (κ1) is 23.0. The van der Waals surface area contributed by atoms with Crippen molar-refractivity contribution >= 4 is 27.3 Å². The van der Waals surface area contributed by atoms with Gasteiger partial charge in [-0.2, -0.15) is 13.2 Å². The Balaban J connectivity index is 2.05. The molecule has 31 heavy (non-hydrogen) atoms. The molecule has 0 atom stereocenters. The molecule has 0 saturated carbocycles. The van der Waals surface area contributed by atoms with Crippen molar-refractivity contribution < 1.29 is 26.3 Å². The average molecular weight is 470 g/mol. The zero-order valence-corrected chi connectivity index (χ0v) is 18.4. The van der Waals surface area contributed by atoms with Crippen LogP contribution in [0.5, 0.6) is 11.5 Å². The van der Waals surface area contributed by atoms with E-state index in [0.717, 1.165) is 17.7 Å². The van der Waals surface area contributed by atoms with Crippen LogP contribution >= 0.6 is 11.6 Å². The lowest BCUT2D eigenvalue weighted by atomic mass is 10.1. The quantitative estimate of drug-likeness (QED) is 0.443. The Kier molecular flexibility index (Phi) is 6.25. The molecule has 0 heterocycles. The first-order valence-corrected chi connectivity index (χ1v) is 11.0. The third-order valence-corrected chi connectivity index (χ3v) is 6.50. The molecule has 0 amide bonds. The number of alkyl halides is 3. The van der Waals surface area contributed by atoms with E-state index in [0.29, 0.717) is 28.0 Å². The van der Waals surface area contributed by atoms with E-state index in [1.165, 1.54) is 12.1 Å². The predicted molar refractivity (Wildman–Crippen MR) is 114 cm³/mol. The molecule has 0 spiro atoms. The molecular weight excluding hydrogens is 451 g/mol. The molecule has 0 fully saturated rings. The lowest BCUT2D eigenvalue weighted by Crippen LogP contribution is -2.15. The van der Waals surface area contributed by atoms with Gasteiger partial charge in [-0.25, -0.2) is 8.42 Å². The Hall–Kier alpha value is -2.71. The van der Waals surface area contributed by atoms with Crippen molar-refractivity contribution in [2.45, 2.75) is 31.8 Å². The predicted octanol–water partition coefficient (Wildman–Crippen LogP) is 6.88. The van der Waals surface area contributed by atoms with Crippen LogP contribution in [0, 0.1) is 20.8 Å². The van der Waals surface area contributed by atoms with Crippen molar-refractivity contribution in [1.82, 2.24) is 0 Å². The number of sulfonamides is 1. The second-order valence-electron chi connectivity index (χ2n) is 7.10. The third kappa shape index (κ3) is 5.32. The number of halogens is 4. The molecule has 0 aliphatic carbocycles. The first-order valence-electron chi connectivity index (χ1n) is 9.12. The van der Waals surface area contributed by atoms with Gasteiger partial charge in [-0.05, 0) is 74.4 Å². The second kappa shape index (κ2) is 8.43. The molecule has 0 bridgehead atoms. The molecule has 4 nitrogen and oxygen atoms in total. The molecule has 3 aromatic carbocycles. The number of nitrogens with one attached hydrogen (secondary N) is 1. The molecule has 164 valence electrons. The summed E-state index contributed by atoms with van der Waals surface area (Å²) in [6.45, 7) is 5.31. The van der Waals surface area contributed by atoms with Gasteiger partial charge in [0.2, 0.25) is 0 Å². The number of ether oxygens (including phenoxy) is 1. The van der Waals surface area contributed by atoms with Crippen LogP contribution in [0.3, 0.4) is 0 Å². The molecule has 0 aliphatic heterocycles. The van der Waals surface area contributed by atoms with E-state index >= 15 is 0 Å². The monoisotopic (exact) mass is 469 g/mol. The SMILES string of the molecule is Cc1ccc(S(=O)(=O)Nc2cc(C(F)(F)F)ccc2Oc2cc(C)c(Cl)c(C)c2)cc1. The van der Waals surface area contributed by atoms with Crippen LogP contribution in [0.1, 0.15) is 22.3 Å². The van der Waals surface area contributed by atoms with Crippen LogP contribution in [0.15, 0.2) is 59.5 Å². The first-order chi connectivity index (χ1) is 14.4. The van der Waals surface area contributed by atoms with Gasteiger partial charge in [0.05, 0.1) is 16.1 Å². The van der Waals surface area contributed by atoms with E-state index in [2.05, 4.69) is 4.72 Å². The summed E-state index contributed by atoms with van der Waals surface area (Å²) >= 11 is 6.15. The van der Waals surface area contributed by atoms with E-state index < -0.39 is 21.8 Å². The third-order valence-electron chi connectivity index (χ3n) is 4.52. The van der Waals surface area contributed by atoms with Crippen molar-refractivity contribution in [3.63, 3.8) is 0 Å². The summed E-state index contributed by atoms with van der Waals surface area (Å²) in [7, 11) is -4.15. The molecule has 3 aromatic rings. The normalized spacial score (nSPS) is 12.0. The number of hydrogen-bond donors (Lipinski definition) is 1. The summed E-state index contributed by atoms with van der Waals surface area (Å²) in [5.41, 5.74) is 0.928. The number of benzene rings is 3. The van der Waals surface area contributed by atoms with E-state index in [4.69, 9.17) is 16.3 Å². The van der Waals surface area contributed by atoms with Crippen LogP contribution in [0.4, 0.5) is 18.9 Å². The van der Waals surface area contributed by atoms with Crippen molar-refractivity contribution in [2.24, 2.45) is 0 Å². The molecule has 0 aromatic heterocycles. The topological polar surface area (TPSA) is 55.4 Å². The van der Waals surface area contributed by atoms with Gasteiger partial charge >= 0.3 is 6.18 Å². The standard InChI is InChI=1S/C22H19ClF3NO3S/c1-13-4-7-18(8-5-13)31(28,29)27-19-12-16(22(24,25)26)6-9-20(19)30-17-10-14(2)21(23)15(3)11-17/h4-12,27H,1-3H3. The fourth-order valence-electron chi connectivity index (χ4n) is 2.89. The smallest absolute Gasteiger partial charge is 0.416 e. The lowest BCUT2D eigenvalue weighted by Gasteiger charge is -2.17. The van der Waals surface area contributed by atoms with Crippen molar-refractivity contribution in [2.75, 3.05) is 4.72 Å². The minimum atomic E-state index is -4.66. The summed E-state index contributed by atoms with van der Waals surface area (Å²) in [5.74, 6) is 0.236. The zero-order chi connectivity index (χ0) is 23.0. The Morgan fingerprint density at radius 1 is 0.903 bits per heavy atom. The van der Waals surface area contributed by atoms with Gasteiger partial charge in [0, 0.05) is 5.02 Å². The van der Waals surface area contributed by atoms with E-state index in [1.807, 2.05) is 0 Å². The van der Waals surface area contributed by atoms with Crippen molar-refractivity contribution in [3.8, 4) is 11.5 Å². The highest BCUT2D eigenvalue weighted by molar-refractivity contribution is 7.92. The number of rotatable bonds is 5. The van der Waals surface area contributed by atoms with Crippen LogP contribution in [-0.4, -0.2) is 8.42 Å². The Morgan fingerprint density at radius 3 is 2.03 bits per heavy atom. The summed E-state index contributed by atoms with van der Waals surface area (Å²) in [6, 6.07) is 11.8. The fourth-order valence-corrected chi connectivity index (χ4v) is 4.06. The minimum absolute atomic E-state index is 0.0789. The van der Waals surface area contributed by atoms with Crippen LogP contribution < -0.4 is 9.46 Å². The van der Waals surface area contributed by atoms with Gasteiger partial charge in [0.1, 0.15) is 5.75 Å². The largest absolute Gasteiger partial charge is 0.455 e. The highest BCUT2D eigenvalue weighted by Crippen LogP contribution is 2.38. The van der Waals surface area contributed by atoms with Gasteiger partial charge < -0.3 is 4.74 Å². The summed E-state index contributed by atoms with van der Waals surface area (Å²) in [6.07, 6.45) is -4.66.